The molecule has 1 radical (unpaired) electrons. The zero-order valence-corrected chi connectivity index (χ0v) is 25.1. The fraction of sp³-hybridized carbons (Fsp3) is 0.0345. The monoisotopic (exact) mass is 652 g/mol. The predicted octanol–water partition coefficient (Wildman–Crippen LogP) is 4.87. The summed E-state index contributed by atoms with van der Waals surface area (Å²) in [6.45, 7) is 1.43. The molecule has 0 unspecified atom stereocenters. The van der Waals surface area contributed by atoms with E-state index in [0.717, 1.165) is 0 Å². The summed E-state index contributed by atoms with van der Waals surface area (Å²) in [5, 5.41) is 24.2. The molecule has 0 fully saturated rings. The van der Waals surface area contributed by atoms with Crippen molar-refractivity contribution >= 4 is 40.6 Å². The van der Waals surface area contributed by atoms with Gasteiger partial charge in [0.15, 0.2) is 0 Å². The molecule has 0 bridgehead atoms. The van der Waals surface area contributed by atoms with Gasteiger partial charge in [0.05, 0.1) is 6.07 Å². The van der Waals surface area contributed by atoms with Crippen LogP contribution in [0, 0.1) is 11.3 Å². The van der Waals surface area contributed by atoms with E-state index in [1.54, 1.807) is 38.4 Å². The molecular formula is C29H27BClN7PRu. The molecule has 6 rings (SSSR count). The van der Waals surface area contributed by atoms with Crippen molar-refractivity contribution < 1.29 is 17.3 Å². The second-order valence-electron chi connectivity index (χ2n) is 7.87. The van der Waals surface area contributed by atoms with E-state index in [-0.39, 0.29) is 7.12 Å². The molecule has 7 nitrogen and oxygen atoms in total. The summed E-state index contributed by atoms with van der Waals surface area (Å²) in [6, 6.07) is 39.7. The first-order valence-electron chi connectivity index (χ1n) is 12.2. The molecule has 6 aromatic rings. The van der Waals surface area contributed by atoms with E-state index in [4.69, 9.17) is 5.26 Å². The number of benzene rings is 3. The Labute approximate surface area is 250 Å². The van der Waals surface area contributed by atoms with Crippen LogP contribution in [0.4, 0.5) is 0 Å². The molecule has 0 spiro atoms. The number of nitrogens with zero attached hydrogens (tertiary/aromatic N) is 7. The van der Waals surface area contributed by atoms with E-state index in [1.807, 2.05) is 54.1 Å². The van der Waals surface area contributed by atoms with Crippen LogP contribution in [0.15, 0.2) is 146 Å². The quantitative estimate of drug-likeness (QED) is 0.190. The van der Waals surface area contributed by atoms with E-state index < -0.39 is 7.92 Å². The van der Waals surface area contributed by atoms with Gasteiger partial charge in [-0.1, -0.05) is 91.0 Å². The molecule has 3 aromatic heterocycles. The Hall–Kier alpha value is -3.81. The number of nitriles is 1. The summed E-state index contributed by atoms with van der Waals surface area (Å²) in [5.41, 5.74) is 0. The number of halogens is 1. The summed E-state index contributed by atoms with van der Waals surface area (Å²) >= 11 is 1.82. The van der Waals surface area contributed by atoms with E-state index in [0.29, 0.717) is 0 Å². The van der Waals surface area contributed by atoms with Crippen LogP contribution in [0.3, 0.4) is 0 Å². The minimum atomic E-state index is -0.446. The topological polar surface area (TPSA) is 77.2 Å². The molecule has 0 aliphatic rings. The minimum Gasteiger partial charge on any atom is -0.425 e. The molecule has 0 amide bonds. The van der Waals surface area contributed by atoms with Gasteiger partial charge in [-0.15, -0.1) is 0 Å². The Bertz CT molecular complexity index is 1310. The minimum absolute atomic E-state index is 0.194. The van der Waals surface area contributed by atoms with Crippen molar-refractivity contribution in [2.24, 2.45) is 0 Å². The maximum atomic E-state index is 7.32. The Kier molecular flexibility index (Phi) is 13.6. The maximum Gasteiger partial charge on any atom is 0.260 e. The van der Waals surface area contributed by atoms with Crippen LogP contribution >= 0.6 is 17.6 Å². The summed E-state index contributed by atoms with van der Waals surface area (Å²) in [5.74, 6) is 0. The van der Waals surface area contributed by atoms with Gasteiger partial charge in [-0.05, 0) is 60.6 Å². The first-order valence-corrected chi connectivity index (χ1v) is 15.8. The molecule has 0 aliphatic carbocycles. The fourth-order valence-electron chi connectivity index (χ4n) is 3.79. The van der Waals surface area contributed by atoms with Crippen LogP contribution < -0.4 is 15.9 Å². The normalized spacial score (nSPS) is 9.80. The Morgan fingerprint density at radius 3 is 1.10 bits per heavy atom. The third kappa shape index (κ3) is 8.86. The van der Waals surface area contributed by atoms with Crippen molar-refractivity contribution in [3.63, 3.8) is 0 Å². The standard InChI is InChI=1S/C18H15P.C9H9BN6.C2H3N.ClH.Ru/c1-4-10-16(11-5-1)19(17-12-6-2-7-13-17)18-14-8-3-9-15-18;1-4-11-14(7-1)10(15-8-2-5-12-15)16-9-3-6-13-16;1-2-3;;/h1-15H;1-9H;1H3;1H;/q;-1;;;+2/p-1. The van der Waals surface area contributed by atoms with Crippen molar-refractivity contribution in [2.75, 3.05) is 0 Å². The largest absolute Gasteiger partial charge is 0.425 e. The number of rotatable bonds is 6. The summed E-state index contributed by atoms with van der Waals surface area (Å²) in [6.07, 6.45) is 10.9. The Morgan fingerprint density at radius 1 is 0.600 bits per heavy atom. The number of hydrogen-bond acceptors (Lipinski definition) is 4. The van der Waals surface area contributed by atoms with Gasteiger partial charge in [0.2, 0.25) is 0 Å². The smallest absolute Gasteiger partial charge is 0.260 e. The third-order valence-electron chi connectivity index (χ3n) is 5.33. The van der Waals surface area contributed by atoms with Gasteiger partial charge < -0.3 is 13.8 Å². The van der Waals surface area contributed by atoms with Crippen molar-refractivity contribution in [2.45, 2.75) is 6.92 Å². The molecule has 3 heterocycles. The van der Waals surface area contributed by atoms with Gasteiger partial charge in [0.1, 0.15) is 0 Å². The van der Waals surface area contributed by atoms with Crippen molar-refractivity contribution in [3.8, 4) is 6.07 Å². The number of hydrogen-bond donors (Lipinski definition) is 0. The first-order chi connectivity index (χ1) is 19.8. The molecule has 0 N–H and O–H groups in total. The summed E-state index contributed by atoms with van der Waals surface area (Å²) in [7, 11) is 3.93. The Balaban J connectivity index is 0.000000192. The number of aromatic nitrogens is 6. The predicted molar refractivity (Wildman–Crippen MR) is 161 cm³/mol. The van der Waals surface area contributed by atoms with Crippen molar-refractivity contribution in [3.05, 3.63) is 146 Å². The van der Waals surface area contributed by atoms with Gasteiger partial charge in [-0.3, -0.25) is 0 Å². The van der Waals surface area contributed by atoms with E-state index >= 15 is 0 Å². The molecule has 11 heteroatoms. The molecule has 0 atom stereocenters. The average molecular weight is 652 g/mol. The van der Waals surface area contributed by atoms with Crippen LogP contribution in [-0.2, 0) is 17.3 Å². The SMILES string of the molecule is CC#N.[Cl][Ru+].c1ccc(P(c2ccccc2)c2ccccc2)cc1.c1cnn([B-](n2cccn2)n2cccn2)c1. The summed E-state index contributed by atoms with van der Waals surface area (Å²) < 4.78 is 5.38. The molecule has 0 saturated heterocycles. The average Bonchev–Trinajstić information content (AvgIpc) is 3.83. The van der Waals surface area contributed by atoms with Gasteiger partial charge in [0.25, 0.3) is 7.12 Å². The van der Waals surface area contributed by atoms with Crippen molar-refractivity contribution in [1.29, 1.82) is 5.26 Å². The maximum absolute atomic E-state index is 7.32. The Morgan fingerprint density at radius 2 is 0.875 bits per heavy atom. The molecule has 0 saturated carbocycles. The van der Waals surface area contributed by atoms with Gasteiger partial charge in [0, 0.05) is 25.5 Å². The van der Waals surface area contributed by atoms with Gasteiger partial charge in [-0.25, -0.2) is 15.3 Å². The third-order valence-corrected chi connectivity index (χ3v) is 7.77. The fourth-order valence-corrected chi connectivity index (χ4v) is 6.10. The molecular weight excluding hydrogens is 625 g/mol. The van der Waals surface area contributed by atoms with Crippen LogP contribution in [-0.4, -0.2) is 36.2 Å². The second kappa shape index (κ2) is 17.7. The van der Waals surface area contributed by atoms with Gasteiger partial charge in [-0.2, -0.15) is 5.26 Å². The van der Waals surface area contributed by atoms with Crippen LogP contribution in [0.25, 0.3) is 0 Å². The zero-order chi connectivity index (χ0) is 28.4. The molecule has 0 aliphatic heterocycles. The van der Waals surface area contributed by atoms with Crippen LogP contribution in [0.2, 0.25) is 0 Å². The van der Waals surface area contributed by atoms with E-state index in [9.17, 15) is 0 Å². The molecule has 201 valence electrons. The zero-order valence-electron chi connectivity index (χ0n) is 21.7. The molecule has 3 aromatic carbocycles. The van der Waals surface area contributed by atoms with E-state index in [1.165, 1.54) is 22.8 Å². The van der Waals surface area contributed by atoms with E-state index in [2.05, 4.69) is 116 Å². The van der Waals surface area contributed by atoms with Crippen LogP contribution in [0.5, 0.6) is 0 Å². The van der Waals surface area contributed by atoms with Gasteiger partial charge >= 0.3 is 27.0 Å². The first kappa shape index (κ1) is 30.7. The molecule has 40 heavy (non-hydrogen) atoms. The second-order valence-corrected chi connectivity index (χ2v) is 10.1. The van der Waals surface area contributed by atoms with Crippen LogP contribution in [0.1, 0.15) is 6.92 Å². The summed E-state index contributed by atoms with van der Waals surface area (Å²) in [4.78, 5) is 0. The van der Waals surface area contributed by atoms with Crippen molar-refractivity contribution in [1.82, 2.24) is 29.1 Å².